The molecule has 0 heterocycles. The van der Waals surface area contributed by atoms with E-state index < -0.39 is 4.33 Å². The molecule has 0 bridgehead atoms. The average Bonchev–Trinajstić information content (AvgIpc) is 2.56. The number of halogens is 2. The number of hydrogen-bond acceptors (Lipinski definition) is 1. The van der Waals surface area contributed by atoms with Gasteiger partial charge in [-0.25, -0.2) is 0 Å². The van der Waals surface area contributed by atoms with Crippen LogP contribution in [0.1, 0.15) is 13.3 Å². The van der Waals surface area contributed by atoms with Gasteiger partial charge in [-0.3, -0.25) is 4.79 Å². The van der Waals surface area contributed by atoms with Crippen LogP contribution in [-0.4, -0.2) is 16.8 Å². The molecule has 0 spiro atoms. The van der Waals surface area contributed by atoms with Crippen LogP contribution in [0.5, 0.6) is 0 Å². The van der Waals surface area contributed by atoms with Crippen molar-refractivity contribution in [2.24, 2.45) is 5.92 Å². The van der Waals surface area contributed by atoms with Crippen LogP contribution in [-0.2, 0) is 4.79 Å². The van der Waals surface area contributed by atoms with Gasteiger partial charge >= 0.3 is 0 Å². The molecule has 1 atom stereocenters. The minimum absolute atomic E-state index is 0.0893. The average molecular weight is 208 g/mol. The molecule has 4 heteroatoms. The van der Waals surface area contributed by atoms with Crippen molar-refractivity contribution in [1.29, 1.82) is 0 Å². The van der Waals surface area contributed by atoms with Crippen LogP contribution in [0.3, 0.4) is 0 Å². The second kappa shape index (κ2) is 3.67. The normalized spacial score (nSPS) is 25.8. The van der Waals surface area contributed by atoms with Crippen LogP contribution < -0.4 is 5.32 Å². The fraction of sp³-hybridized carbons (Fsp3) is 0.625. The first-order chi connectivity index (χ1) is 5.56. The number of carbonyl (C=O) groups is 1. The summed E-state index contributed by atoms with van der Waals surface area (Å²) in [5, 5.41) is 2.71. The lowest BCUT2D eigenvalue weighted by atomic mass is 10.4. The van der Waals surface area contributed by atoms with Crippen molar-refractivity contribution in [3.63, 3.8) is 0 Å². The Morgan fingerprint density at radius 1 is 1.75 bits per heavy atom. The van der Waals surface area contributed by atoms with Crippen molar-refractivity contribution < 1.29 is 4.79 Å². The van der Waals surface area contributed by atoms with Gasteiger partial charge in [0, 0.05) is 12.5 Å². The first-order valence-electron chi connectivity index (χ1n) is 3.84. The van der Waals surface area contributed by atoms with E-state index in [9.17, 15) is 4.79 Å². The SMILES string of the molecule is C/C=C/C(=O)NCC1CC1(Cl)Cl. The van der Waals surface area contributed by atoms with E-state index >= 15 is 0 Å². The van der Waals surface area contributed by atoms with Crippen molar-refractivity contribution in [2.45, 2.75) is 17.7 Å². The molecule has 1 amide bonds. The van der Waals surface area contributed by atoms with E-state index in [1.165, 1.54) is 6.08 Å². The maximum atomic E-state index is 10.9. The maximum Gasteiger partial charge on any atom is 0.243 e. The summed E-state index contributed by atoms with van der Waals surface area (Å²) < 4.78 is -0.594. The first-order valence-corrected chi connectivity index (χ1v) is 4.60. The lowest BCUT2D eigenvalue weighted by Gasteiger charge is -2.00. The molecule has 0 aromatic carbocycles. The molecule has 0 radical (unpaired) electrons. The maximum absolute atomic E-state index is 10.9. The van der Waals surface area contributed by atoms with Gasteiger partial charge in [-0.1, -0.05) is 6.08 Å². The highest BCUT2D eigenvalue weighted by atomic mass is 35.5. The van der Waals surface area contributed by atoms with Crippen molar-refractivity contribution in [1.82, 2.24) is 5.32 Å². The molecule has 2 nitrogen and oxygen atoms in total. The number of hydrogen-bond donors (Lipinski definition) is 1. The van der Waals surface area contributed by atoms with Gasteiger partial charge in [0.1, 0.15) is 4.33 Å². The summed E-state index contributed by atoms with van der Waals surface area (Å²) in [4.78, 5) is 10.9. The molecule has 0 aromatic rings. The molecular formula is C8H11Cl2NO. The zero-order valence-corrected chi connectivity index (χ0v) is 8.32. The van der Waals surface area contributed by atoms with E-state index in [1.54, 1.807) is 13.0 Å². The van der Waals surface area contributed by atoms with Gasteiger partial charge in [-0.15, -0.1) is 23.2 Å². The Kier molecular flexibility index (Phi) is 3.02. The van der Waals surface area contributed by atoms with E-state index in [4.69, 9.17) is 23.2 Å². The Balaban J connectivity index is 2.16. The highest BCUT2D eigenvalue weighted by molar-refractivity contribution is 6.50. The third kappa shape index (κ3) is 2.68. The predicted molar refractivity (Wildman–Crippen MR) is 50.4 cm³/mol. The highest BCUT2D eigenvalue weighted by Crippen LogP contribution is 2.52. The third-order valence-electron chi connectivity index (χ3n) is 1.80. The van der Waals surface area contributed by atoms with Crippen molar-refractivity contribution in [3.05, 3.63) is 12.2 Å². The molecule has 68 valence electrons. The van der Waals surface area contributed by atoms with Crippen LogP contribution in [0.2, 0.25) is 0 Å². The molecule has 1 aliphatic rings. The number of nitrogens with one attached hydrogen (secondary N) is 1. The summed E-state index contributed by atoms with van der Waals surface area (Å²) in [5.41, 5.74) is 0. The quantitative estimate of drug-likeness (QED) is 0.556. The van der Waals surface area contributed by atoms with Crippen LogP contribution in [0.15, 0.2) is 12.2 Å². The highest BCUT2D eigenvalue weighted by Gasteiger charge is 2.51. The summed E-state index contributed by atoms with van der Waals surface area (Å²) >= 11 is 11.5. The largest absolute Gasteiger partial charge is 0.352 e. The molecule has 1 N–H and O–H groups in total. The molecule has 1 fully saturated rings. The summed E-state index contributed by atoms with van der Waals surface area (Å²) in [6.07, 6.45) is 3.94. The molecule has 1 rings (SSSR count). The summed E-state index contributed by atoms with van der Waals surface area (Å²) in [6, 6.07) is 0. The Morgan fingerprint density at radius 3 is 2.75 bits per heavy atom. The van der Waals surface area contributed by atoms with Crippen LogP contribution in [0.4, 0.5) is 0 Å². The fourth-order valence-corrected chi connectivity index (χ4v) is 1.45. The Labute approximate surface area is 81.9 Å². The van der Waals surface area contributed by atoms with E-state index in [0.29, 0.717) is 6.54 Å². The standard InChI is InChI=1S/C8H11Cl2NO/c1-2-3-7(12)11-5-6-4-8(6,9)10/h2-3,6H,4-5H2,1H3,(H,11,12)/b3-2+. The zero-order chi connectivity index (χ0) is 9.19. The Hall–Kier alpha value is -0.210. The number of carbonyl (C=O) groups excluding carboxylic acids is 1. The van der Waals surface area contributed by atoms with E-state index in [0.717, 1.165) is 6.42 Å². The molecule has 12 heavy (non-hydrogen) atoms. The van der Waals surface area contributed by atoms with Crippen LogP contribution in [0, 0.1) is 5.92 Å². The minimum atomic E-state index is -0.594. The van der Waals surface area contributed by atoms with E-state index in [1.807, 2.05) is 0 Å². The van der Waals surface area contributed by atoms with E-state index in [2.05, 4.69) is 5.32 Å². The molecule has 1 saturated carbocycles. The molecule has 0 aromatic heterocycles. The van der Waals surface area contributed by atoms with Crippen molar-refractivity contribution in [2.75, 3.05) is 6.54 Å². The van der Waals surface area contributed by atoms with Crippen LogP contribution in [0.25, 0.3) is 0 Å². The van der Waals surface area contributed by atoms with Gasteiger partial charge in [-0.2, -0.15) is 0 Å². The second-order valence-electron chi connectivity index (χ2n) is 2.91. The molecule has 1 aliphatic carbocycles. The number of alkyl halides is 2. The molecule has 0 saturated heterocycles. The molecule has 1 unspecified atom stereocenters. The van der Waals surface area contributed by atoms with Crippen molar-refractivity contribution >= 4 is 29.1 Å². The molecular weight excluding hydrogens is 197 g/mol. The lowest BCUT2D eigenvalue weighted by Crippen LogP contribution is -2.24. The van der Waals surface area contributed by atoms with Gasteiger partial charge in [0.25, 0.3) is 0 Å². The van der Waals surface area contributed by atoms with Gasteiger partial charge in [-0.05, 0) is 19.4 Å². The number of allylic oxidation sites excluding steroid dienone is 1. The summed E-state index contributed by atoms with van der Waals surface area (Å²) in [6.45, 7) is 2.36. The third-order valence-corrected chi connectivity index (χ3v) is 2.72. The van der Waals surface area contributed by atoms with Gasteiger partial charge in [0.15, 0.2) is 0 Å². The summed E-state index contributed by atoms with van der Waals surface area (Å²) in [5.74, 6) is 0.128. The molecule has 0 aliphatic heterocycles. The van der Waals surface area contributed by atoms with Gasteiger partial charge in [0.2, 0.25) is 5.91 Å². The first kappa shape index (κ1) is 9.87. The minimum Gasteiger partial charge on any atom is -0.352 e. The fourth-order valence-electron chi connectivity index (χ4n) is 0.925. The Bertz CT molecular complexity index is 213. The Morgan fingerprint density at radius 2 is 2.33 bits per heavy atom. The summed E-state index contributed by atoms with van der Waals surface area (Å²) in [7, 11) is 0. The lowest BCUT2D eigenvalue weighted by molar-refractivity contribution is -0.116. The van der Waals surface area contributed by atoms with Crippen LogP contribution >= 0.6 is 23.2 Å². The number of amides is 1. The van der Waals surface area contributed by atoms with Gasteiger partial charge < -0.3 is 5.32 Å². The zero-order valence-electron chi connectivity index (χ0n) is 6.81. The smallest absolute Gasteiger partial charge is 0.243 e. The topological polar surface area (TPSA) is 29.1 Å². The second-order valence-corrected chi connectivity index (χ2v) is 4.45. The monoisotopic (exact) mass is 207 g/mol. The van der Waals surface area contributed by atoms with Gasteiger partial charge in [0.05, 0.1) is 0 Å². The number of rotatable bonds is 3. The van der Waals surface area contributed by atoms with Crippen molar-refractivity contribution in [3.8, 4) is 0 Å². The van der Waals surface area contributed by atoms with E-state index in [-0.39, 0.29) is 11.8 Å². The predicted octanol–water partition coefficient (Wildman–Crippen LogP) is 1.87.